The van der Waals surface area contributed by atoms with Gasteiger partial charge in [0, 0.05) is 32.2 Å². The highest BCUT2D eigenvalue weighted by atomic mass is 32.2. The summed E-state index contributed by atoms with van der Waals surface area (Å²) in [7, 11) is -2.88. The van der Waals surface area contributed by atoms with Crippen molar-refractivity contribution in [2.24, 2.45) is 0 Å². The predicted molar refractivity (Wildman–Crippen MR) is 96.3 cm³/mol. The van der Waals surface area contributed by atoms with E-state index in [1.807, 2.05) is 17.5 Å². The number of amides is 1. The molecule has 2 aliphatic heterocycles. The molecule has 0 radical (unpaired) electrons. The Labute approximate surface area is 155 Å². The molecule has 0 spiro atoms. The monoisotopic (exact) mass is 396 g/mol. The van der Waals surface area contributed by atoms with Crippen LogP contribution in [0.3, 0.4) is 0 Å². The number of hydrogen-bond donors (Lipinski definition) is 0. The van der Waals surface area contributed by atoms with Crippen molar-refractivity contribution in [1.82, 2.24) is 30.0 Å². The molecule has 1 unspecified atom stereocenters. The fraction of sp³-hybridized carbons (Fsp3) is 0.600. The molecule has 2 aromatic heterocycles. The lowest BCUT2D eigenvalue weighted by atomic mass is 10.2. The van der Waals surface area contributed by atoms with Gasteiger partial charge < -0.3 is 4.90 Å². The number of sulfone groups is 1. The van der Waals surface area contributed by atoms with Gasteiger partial charge >= 0.3 is 0 Å². The molecule has 140 valence electrons. The summed E-state index contributed by atoms with van der Waals surface area (Å²) in [6.07, 6.45) is 0.699. The number of thiophene rings is 1. The van der Waals surface area contributed by atoms with Crippen molar-refractivity contribution in [1.29, 1.82) is 0 Å². The van der Waals surface area contributed by atoms with Crippen LogP contribution in [0.4, 0.5) is 0 Å². The van der Waals surface area contributed by atoms with Gasteiger partial charge in [0.05, 0.1) is 16.4 Å². The molecule has 0 saturated carbocycles. The number of nitrogens with zero attached hydrogens (tertiary/aromatic N) is 6. The van der Waals surface area contributed by atoms with Gasteiger partial charge in [-0.15, -0.1) is 21.5 Å². The van der Waals surface area contributed by atoms with Crippen LogP contribution in [0.25, 0.3) is 10.7 Å². The summed E-state index contributed by atoms with van der Waals surface area (Å²) in [5.74, 6) is 1.01. The first-order valence-corrected chi connectivity index (χ1v) is 11.2. The Morgan fingerprint density at radius 2 is 2.08 bits per heavy atom. The van der Waals surface area contributed by atoms with E-state index in [0.29, 0.717) is 38.4 Å². The van der Waals surface area contributed by atoms with Crippen molar-refractivity contribution in [3.8, 4) is 10.7 Å². The van der Waals surface area contributed by atoms with Crippen LogP contribution in [-0.2, 0) is 21.2 Å². The van der Waals surface area contributed by atoms with E-state index in [4.69, 9.17) is 0 Å². The lowest BCUT2D eigenvalue weighted by Crippen LogP contribution is -2.52. The Morgan fingerprint density at radius 3 is 2.73 bits per heavy atom. The van der Waals surface area contributed by atoms with Gasteiger partial charge in [-0.1, -0.05) is 6.07 Å². The molecule has 2 fully saturated rings. The average Bonchev–Trinajstić information content (AvgIpc) is 3.35. The van der Waals surface area contributed by atoms with Crippen molar-refractivity contribution >= 4 is 27.1 Å². The minimum atomic E-state index is -2.88. The molecule has 0 aliphatic carbocycles. The molecular formula is C15H20N6O3S2. The minimum Gasteiger partial charge on any atom is -0.338 e. The zero-order chi connectivity index (χ0) is 18.1. The predicted octanol–water partition coefficient (Wildman–Crippen LogP) is -0.267. The summed E-state index contributed by atoms with van der Waals surface area (Å²) in [4.78, 5) is 18.7. The molecule has 1 amide bonds. The Bertz CT molecular complexity index is 871. The van der Waals surface area contributed by atoms with Gasteiger partial charge in [0.1, 0.15) is 6.54 Å². The maximum atomic E-state index is 12.5. The summed E-state index contributed by atoms with van der Waals surface area (Å²) in [5.41, 5.74) is 0. The van der Waals surface area contributed by atoms with Gasteiger partial charge in [0.25, 0.3) is 0 Å². The van der Waals surface area contributed by atoms with Crippen LogP contribution >= 0.6 is 11.3 Å². The van der Waals surface area contributed by atoms with Gasteiger partial charge in [-0.05, 0) is 23.1 Å². The Kier molecular flexibility index (Phi) is 4.76. The number of piperazine rings is 1. The first kappa shape index (κ1) is 17.6. The molecule has 11 heteroatoms. The zero-order valence-corrected chi connectivity index (χ0v) is 15.8. The number of hydrogen-bond acceptors (Lipinski definition) is 8. The highest BCUT2D eigenvalue weighted by Gasteiger charge is 2.34. The van der Waals surface area contributed by atoms with Crippen molar-refractivity contribution in [3.63, 3.8) is 0 Å². The average molecular weight is 396 g/mol. The number of rotatable bonds is 4. The number of aromatic nitrogens is 4. The summed E-state index contributed by atoms with van der Waals surface area (Å²) in [5, 5.41) is 14.2. The van der Waals surface area contributed by atoms with Crippen LogP contribution in [0.1, 0.15) is 6.42 Å². The molecule has 26 heavy (non-hydrogen) atoms. The largest absolute Gasteiger partial charge is 0.338 e. The van der Waals surface area contributed by atoms with E-state index in [0.717, 1.165) is 4.88 Å². The molecule has 2 aromatic rings. The van der Waals surface area contributed by atoms with Crippen LogP contribution < -0.4 is 0 Å². The van der Waals surface area contributed by atoms with Crippen molar-refractivity contribution in [2.75, 3.05) is 37.7 Å². The van der Waals surface area contributed by atoms with Crippen LogP contribution in [-0.4, -0.2) is 88.1 Å². The van der Waals surface area contributed by atoms with Gasteiger partial charge in [-0.25, -0.2) is 8.42 Å². The Hall–Kier alpha value is -1.85. The normalized spacial score (nSPS) is 23.4. The van der Waals surface area contributed by atoms with Crippen molar-refractivity contribution in [3.05, 3.63) is 17.5 Å². The van der Waals surface area contributed by atoms with Gasteiger partial charge in [-0.2, -0.15) is 4.80 Å². The molecule has 1 atom stereocenters. The number of tetrazole rings is 1. The lowest BCUT2D eigenvalue weighted by Gasteiger charge is -2.37. The molecule has 2 aliphatic rings. The highest BCUT2D eigenvalue weighted by molar-refractivity contribution is 7.91. The van der Waals surface area contributed by atoms with Crippen LogP contribution in [0.2, 0.25) is 0 Å². The maximum absolute atomic E-state index is 12.5. The first-order chi connectivity index (χ1) is 12.5. The van der Waals surface area contributed by atoms with Crippen LogP contribution in [0.5, 0.6) is 0 Å². The fourth-order valence-electron chi connectivity index (χ4n) is 3.44. The van der Waals surface area contributed by atoms with Gasteiger partial charge in [0.2, 0.25) is 11.7 Å². The van der Waals surface area contributed by atoms with Crippen LogP contribution in [0, 0.1) is 0 Å². The second-order valence-corrected chi connectivity index (χ2v) is 9.77. The molecule has 0 aromatic carbocycles. The molecule has 4 heterocycles. The topological polar surface area (TPSA) is 101 Å². The summed E-state index contributed by atoms with van der Waals surface area (Å²) in [6, 6.07) is 3.93. The third kappa shape index (κ3) is 3.79. The van der Waals surface area contributed by atoms with E-state index in [-0.39, 0.29) is 30.0 Å². The number of carbonyl (C=O) groups excluding carboxylic acids is 1. The SMILES string of the molecule is O=C(Cn1nnc(-c2cccs2)n1)N1CCN(C2CCS(=O)(=O)C2)CC1. The van der Waals surface area contributed by atoms with E-state index in [9.17, 15) is 13.2 Å². The molecule has 0 N–H and O–H groups in total. The maximum Gasteiger partial charge on any atom is 0.246 e. The Balaban J connectivity index is 1.30. The van der Waals surface area contributed by atoms with E-state index >= 15 is 0 Å². The van der Waals surface area contributed by atoms with E-state index in [2.05, 4.69) is 20.3 Å². The molecule has 4 rings (SSSR count). The molecule has 9 nitrogen and oxygen atoms in total. The molecular weight excluding hydrogens is 376 g/mol. The second kappa shape index (κ2) is 7.05. The lowest BCUT2D eigenvalue weighted by molar-refractivity contribution is -0.134. The smallest absolute Gasteiger partial charge is 0.246 e. The second-order valence-electron chi connectivity index (χ2n) is 6.59. The van der Waals surface area contributed by atoms with Gasteiger partial charge in [0.15, 0.2) is 9.84 Å². The fourth-order valence-corrected chi connectivity index (χ4v) is 5.84. The molecule has 0 bridgehead atoms. The van der Waals surface area contributed by atoms with Crippen LogP contribution in [0.15, 0.2) is 17.5 Å². The highest BCUT2D eigenvalue weighted by Crippen LogP contribution is 2.20. The third-order valence-corrected chi connectivity index (χ3v) is 7.48. The summed E-state index contributed by atoms with van der Waals surface area (Å²) in [6.45, 7) is 2.67. The van der Waals surface area contributed by atoms with Crippen molar-refractivity contribution in [2.45, 2.75) is 19.0 Å². The summed E-state index contributed by atoms with van der Waals surface area (Å²) >= 11 is 1.53. The first-order valence-electron chi connectivity index (χ1n) is 8.54. The van der Waals surface area contributed by atoms with Crippen molar-refractivity contribution < 1.29 is 13.2 Å². The van der Waals surface area contributed by atoms with Gasteiger partial charge in [-0.3, -0.25) is 9.69 Å². The molecule has 2 saturated heterocycles. The minimum absolute atomic E-state index is 0.0428. The standard InChI is InChI=1S/C15H20N6O3S2/c22-14(10-21-17-15(16-18-21)13-2-1-8-25-13)20-6-4-19(5-7-20)12-3-9-26(23,24)11-12/h1-2,8,12H,3-7,9-11H2. The zero-order valence-electron chi connectivity index (χ0n) is 14.2. The van der Waals surface area contributed by atoms with E-state index < -0.39 is 9.84 Å². The third-order valence-electron chi connectivity index (χ3n) is 4.86. The number of carbonyl (C=O) groups is 1. The Morgan fingerprint density at radius 1 is 1.27 bits per heavy atom. The van der Waals surface area contributed by atoms with E-state index in [1.165, 1.54) is 16.1 Å². The quantitative estimate of drug-likeness (QED) is 0.701. The summed E-state index contributed by atoms with van der Waals surface area (Å²) < 4.78 is 23.3. The van der Waals surface area contributed by atoms with E-state index in [1.54, 1.807) is 4.90 Å².